The van der Waals surface area contributed by atoms with Crippen molar-refractivity contribution in [3.63, 3.8) is 0 Å². The summed E-state index contributed by atoms with van der Waals surface area (Å²) in [6, 6.07) is 15.1. The van der Waals surface area contributed by atoms with Crippen molar-refractivity contribution < 1.29 is 14.6 Å². The third-order valence-electron chi connectivity index (χ3n) is 5.81. The topological polar surface area (TPSA) is 49.8 Å². The van der Waals surface area contributed by atoms with E-state index in [4.69, 9.17) is 4.74 Å². The Kier molecular flexibility index (Phi) is 2.77. The molecule has 0 saturated carbocycles. The first-order valence-electron chi connectivity index (χ1n) is 8.50. The van der Waals surface area contributed by atoms with Crippen LogP contribution in [0.25, 0.3) is 11.1 Å². The predicted octanol–water partition coefficient (Wildman–Crippen LogP) is 2.29. The number of aliphatic hydroxyl groups is 1. The van der Waals surface area contributed by atoms with E-state index in [0.717, 1.165) is 43.6 Å². The van der Waals surface area contributed by atoms with Crippen molar-refractivity contribution in [2.45, 2.75) is 24.0 Å². The molecule has 0 atom stereocenters. The Labute approximate surface area is 140 Å². The van der Waals surface area contributed by atoms with Gasteiger partial charge in [-0.1, -0.05) is 48.5 Å². The summed E-state index contributed by atoms with van der Waals surface area (Å²) in [6.07, 6.45) is 1.72. The second kappa shape index (κ2) is 4.68. The largest absolute Gasteiger partial charge is 0.455 e. The van der Waals surface area contributed by atoms with Gasteiger partial charge in [0.2, 0.25) is 5.60 Å². The van der Waals surface area contributed by atoms with E-state index in [1.165, 1.54) is 0 Å². The number of nitrogens with zero attached hydrogens (tertiary/aromatic N) is 1. The molecule has 0 amide bonds. The maximum atomic E-state index is 13.1. The van der Waals surface area contributed by atoms with Crippen molar-refractivity contribution in [3.8, 4) is 11.1 Å². The van der Waals surface area contributed by atoms with Crippen LogP contribution in [0.4, 0.5) is 0 Å². The van der Waals surface area contributed by atoms with Crippen molar-refractivity contribution in [3.05, 3.63) is 59.7 Å². The normalized spacial score (nSPS) is 28.5. The van der Waals surface area contributed by atoms with Gasteiger partial charge in [0.05, 0.1) is 0 Å². The van der Waals surface area contributed by atoms with Crippen molar-refractivity contribution in [1.29, 1.82) is 0 Å². The molecular weight excluding hydrogens is 302 g/mol. The highest BCUT2D eigenvalue weighted by atomic mass is 16.6. The Morgan fingerprint density at radius 1 is 0.958 bits per heavy atom. The van der Waals surface area contributed by atoms with Crippen molar-refractivity contribution >= 4 is 5.97 Å². The Morgan fingerprint density at radius 3 is 2.00 bits per heavy atom. The second-order valence-corrected chi connectivity index (χ2v) is 7.15. The molecular formula is C20H19NO3. The van der Waals surface area contributed by atoms with Gasteiger partial charge >= 0.3 is 5.97 Å². The number of ether oxygens (including phenoxy) is 1. The number of fused-ring (bicyclic) bond motifs is 5. The van der Waals surface area contributed by atoms with E-state index in [1.54, 1.807) is 0 Å². The van der Waals surface area contributed by atoms with Gasteiger partial charge in [-0.2, -0.15) is 0 Å². The highest BCUT2D eigenvalue weighted by Crippen LogP contribution is 2.49. The van der Waals surface area contributed by atoms with Crippen LogP contribution in [0.5, 0.6) is 0 Å². The molecule has 2 aliphatic heterocycles. The molecule has 0 spiro atoms. The number of hydrogen-bond acceptors (Lipinski definition) is 4. The monoisotopic (exact) mass is 321 g/mol. The first kappa shape index (κ1) is 14.2. The average molecular weight is 321 g/mol. The number of benzene rings is 2. The molecule has 1 N–H and O–H groups in total. The third kappa shape index (κ3) is 1.73. The lowest BCUT2D eigenvalue weighted by atomic mass is 9.90. The van der Waals surface area contributed by atoms with E-state index in [9.17, 15) is 9.90 Å². The van der Waals surface area contributed by atoms with E-state index in [0.29, 0.717) is 11.1 Å². The molecule has 2 fully saturated rings. The Bertz CT molecular complexity index is 791. The van der Waals surface area contributed by atoms with Crippen molar-refractivity contribution in [2.75, 3.05) is 19.6 Å². The fraction of sp³-hybridized carbons (Fsp3) is 0.350. The molecule has 4 nitrogen and oxygen atoms in total. The van der Waals surface area contributed by atoms with Gasteiger partial charge in [-0.3, -0.25) is 4.90 Å². The lowest BCUT2D eigenvalue weighted by Crippen LogP contribution is -2.44. The zero-order valence-corrected chi connectivity index (χ0v) is 13.4. The van der Waals surface area contributed by atoms with Crippen molar-refractivity contribution in [2.24, 2.45) is 0 Å². The third-order valence-corrected chi connectivity index (χ3v) is 5.81. The van der Waals surface area contributed by atoms with Crippen LogP contribution in [-0.2, 0) is 15.1 Å². The summed E-state index contributed by atoms with van der Waals surface area (Å²) in [7, 11) is 0. The summed E-state index contributed by atoms with van der Waals surface area (Å²) < 4.78 is 5.96. The second-order valence-electron chi connectivity index (χ2n) is 7.15. The summed E-state index contributed by atoms with van der Waals surface area (Å²) >= 11 is 0. The minimum absolute atomic E-state index is 0.417. The number of hydrogen-bond donors (Lipinski definition) is 1. The van der Waals surface area contributed by atoms with Crippen LogP contribution in [0.3, 0.4) is 0 Å². The van der Waals surface area contributed by atoms with Crippen LogP contribution in [0, 0.1) is 0 Å². The molecule has 0 aromatic heterocycles. The fourth-order valence-corrected chi connectivity index (χ4v) is 4.52. The number of rotatable bonds is 2. The maximum Gasteiger partial charge on any atom is 0.348 e. The minimum atomic E-state index is -1.71. The molecule has 0 unspecified atom stereocenters. The Hall–Kier alpha value is -2.17. The maximum absolute atomic E-state index is 13.1. The van der Waals surface area contributed by atoms with Gasteiger partial charge in [0.15, 0.2) is 0 Å². The first-order chi connectivity index (χ1) is 11.6. The summed E-state index contributed by atoms with van der Waals surface area (Å²) in [4.78, 5) is 15.5. The highest BCUT2D eigenvalue weighted by molar-refractivity contribution is 5.96. The van der Waals surface area contributed by atoms with Gasteiger partial charge in [-0.15, -0.1) is 0 Å². The molecule has 0 radical (unpaired) electrons. The van der Waals surface area contributed by atoms with E-state index in [2.05, 4.69) is 4.90 Å². The molecule has 2 aromatic rings. The first-order valence-corrected chi connectivity index (χ1v) is 8.50. The van der Waals surface area contributed by atoms with Crippen molar-refractivity contribution in [1.82, 2.24) is 4.90 Å². The zero-order chi connectivity index (χ0) is 16.4. The van der Waals surface area contributed by atoms with Gasteiger partial charge in [0.25, 0.3) is 0 Å². The summed E-state index contributed by atoms with van der Waals surface area (Å²) in [5, 5.41) is 11.5. The molecule has 2 heterocycles. The van der Waals surface area contributed by atoms with Gasteiger partial charge < -0.3 is 9.84 Å². The fourth-order valence-electron chi connectivity index (χ4n) is 4.52. The number of carbonyl (C=O) groups is 1. The van der Waals surface area contributed by atoms with E-state index in [1.807, 2.05) is 48.5 Å². The van der Waals surface area contributed by atoms with Gasteiger partial charge in [-0.25, -0.2) is 4.79 Å². The smallest absolute Gasteiger partial charge is 0.348 e. The molecule has 3 aliphatic rings. The van der Waals surface area contributed by atoms with Gasteiger partial charge in [0, 0.05) is 43.6 Å². The molecule has 1 aliphatic carbocycles. The van der Waals surface area contributed by atoms with E-state index < -0.39 is 17.2 Å². The molecule has 4 heteroatoms. The number of esters is 1. The number of piperidine rings is 1. The van der Waals surface area contributed by atoms with E-state index >= 15 is 0 Å². The molecule has 2 saturated heterocycles. The van der Waals surface area contributed by atoms with Gasteiger partial charge in [0.1, 0.15) is 5.60 Å². The Balaban J connectivity index is 1.60. The summed E-state index contributed by atoms with van der Waals surface area (Å²) in [5.74, 6) is -0.538. The molecule has 24 heavy (non-hydrogen) atoms. The van der Waals surface area contributed by atoms with Crippen LogP contribution in [0.2, 0.25) is 0 Å². The molecule has 5 rings (SSSR count). The molecule has 122 valence electrons. The van der Waals surface area contributed by atoms with Crippen LogP contribution in [0.1, 0.15) is 24.0 Å². The zero-order valence-electron chi connectivity index (χ0n) is 13.4. The summed E-state index contributed by atoms with van der Waals surface area (Å²) in [6.45, 7) is 2.73. The van der Waals surface area contributed by atoms with Crippen LogP contribution in [-0.4, -0.2) is 41.2 Å². The average Bonchev–Trinajstić information content (AvgIpc) is 3.27. The number of carbonyl (C=O) groups excluding carboxylic acids is 1. The van der Waals surface area contributed by atoms with Crippen LogP contribution in [0.15, 0.2) is 48.5 Å². The van der Waals surface area contributed by atoms with Crippen LogP contribution < -0.4 is 0 Å². The highest BCUT2D eigenvalue weighted by Gasteiger charge is 2.54. The standard InChI is InChI=1S/C20H19NO3/c22-18(24-19-9-11-21(13-19)12-10-19)20(23)16-7-3-1-5-14(16)15-6-2-4-8-17(15)20/h1-8,23H,9-13H2. The van der Waals surface area contributed by atoms with Crippen LogP contribution >= 0.6 is 0 Å². The lowest BCUT2D eigenvalue weighted by molar-refractivity contribution is -0.176. The molecule has 2 aromatic carbocycles. The van der Waals surface area contributed by atoms with Gasteiger partial charge in [-0.05, 0) is 11.1 Å². The predicted molar refractivity (Wildman–Crippen MR) is 89.4 cm³/mol. The van der Waals surface area contributed by atoms with E-state index in [-0.39, 0.29) is 0 Å². The Morgan fingerprint density at radius 2 is 1.50 bits per heavy atom. The molecule has 2 bridgehead atoms. The quantitative estimate of drug-likeness (QED) is 0.862. The SMILES string of the molecule is O=C(OC12CCN(CC1)C2)C1(O)c2ccccc2-c2ccccc21. The minimum Gasteiger partial charge on any atom is -0.455 e. The summed E-state index contributed by atoms with van der Waals surface area (Å²) in [5.41, 5.74) is 0.937. The lowest BCUT2D eigenvalue weighted by Gasteiger charge is -2.31.